The Labute approximate surface area is 375 Å². The summed E-state index contributed by atoms with van der Waals surface area (Å²) in [7, 11) is 48.8. The highest BCUT2D eigenvalue weighted by atomic mass is 15.0. The number of aromatic nitrogens is 2. The fourth-order valence-corrected chi connectivity index (χ4v) is 9.44. The second kappa shape index (κ2) is 15.1. The van der Waals surface area contributed by atoms with Gasteiger partial charge >= 0.3 is 0 Å². The molecule has 0 N–H and O–H groups in total. The first-order valence-corrected chi connectivity index (χ1v) is 20.7. The van der Waals surface area contributed by atoms with Crippen LogP contribution in [0.3, 0.4) is 0 Å². The minimum absolute atomic E-state index is 0.174. The summed E-state index contributed by atoms with van der Waals surface area (Å²) in [5.41, 5.74) is 14.8. The van der Waals surface area contributed by atoms with Gasteiger partial charge in [-0.25, -0.2) is 0 Å². The van der Waals surface area contributed by atoms with E-state index in [1.807, 2.05) is 47.0 Å². The molecule has 0 aliphatic carbocycles. The first-order chi connectivity index (χ1) is 30.7. The van der Waals surface area contributed by atoms with Crippen molar-refractivity contribution in [1.82, 2.24) is 9.13 Å². The van der Waals surface area contributed by atoms with Gasteiger partial charge in [-0.2, -0.15) is 0 Å². The van der Waals surface area contributed by atoms with Gasteiger partial charge in [0.25, 0.3) is 0 Å². The summed E-state index contributed by atoms with van der Waals surface area (Å²) in [5, 5.41) is 3.22. The first kappa shape index (κ1) is 38.9. The molecule has 9 heteroatoms. The summed E-state index contributed by atoms with van der Waals surface area (Å²) < 4.78 is 4.27. The lowest BCUT2D eigenvalue weighted by Crippen LogP contribution is -2.48. The van der Waals surface area contributed by atoms with Crippen LogP contribution in [0.1, 0.15) is 0 Å². The zero-order valence-corrected chi connectivity index (χ0v) is 34.2. The van der Waals surface area contributed by atoms with Gasteiger partial charge < -0.3 is 9.13 Å². The summed E-state index contributed by atoms with van der Waals surface area (Å²) in [5.74, 6) is 0. The van der Waals surface area contributed by atoms with E-state index in [9.17, 15) is 0 Å². The Bertz CT molecular complexity index is 3630. The Morgan fingerprint density at radius 3 is 1.19 bits per heavy atom. The molecule has 63 heavy (non-hydrogen) atoms. The highest BCUT2D eigenvalue weighted by Crippen LogP contribution is 2.38. The van der Waals surface area contributed by atoms with E-state index in [4.69, 9.17) is 54.9 Å². The Morgan fingerprint density at radius 2 is 0.667 bits per heavy atom. The second-order valence-corrected chi connectivity index (χ2v) is 16.1. The normalized spacial score (nSPS) is 11.6. The molecule has 14 radical (unpaired) electrons. The third-order valence-electron chi connectivity index (χ3n) is 12.5. The standard InChI is InChI=1S/C54H29B7N2/c55-46-43(47(56)51(60)53-44(46)45-48(57)49(58)50(59)52(61)54(45)63(53)38-21-11-19-34(27-38)31-14-6-2-7-15-31)36-23-25-42-40(29-36)39-28-35(32-16-8-3-9-17-32)22-24-41(39)62(42)37-20-10-18-33(26-37)30-12-4-1-5-13-30/h1-29H. The van der Waals surface area contributed by atoms with Crippen LogP contribution in [0.5, 0.6) is 0 Å². The number of hydrogen-bond acceptors (Lipinski definition) is 0. The fourth-order valence-electron chi connectivity index (χ4n) is 9.44. The highest BCUT2D eigenvalue weighted by molar-refractivity contribution is 6.69. The quantitative estimate of drug-likeness (QED) is 0.181. The maximum atomic E-state index is 7.41. The molecule has 9 aromatic carbocycles. The van der Waals surface area contributed by atoms with E-state index in [0.29, 0.717) is 43.8 Å². The van der Waals surface area contributed by atoms with Gasteiger partial charge in [0.1, 0.15) is 54.9 Å². The van der Waals surface area contributed by atoms with Gasteiger partial charge in [-0.15, -0.1) is 10.9 Å². The lowest BCUT2D eigenvalue weighted by Gasteiger charge is -2.19. The van der Waals surface area contributed by atoms with E-state index in [0.717, 1.165) is 72.1 Å². The van der Waals surface area contributed by atoms with Gasteiger partial charge in [0, 0.05) is 38.6 Å². The second-order valence-electron chi connectivity index (χ2n) is 16.1. The van der Waals surface area contributed by atoms with Crippen molar-refractivity contribution < 1.29 is 0 Å². The smallest absolute Gasteiger partial charge is 0.115 e. The molecule has 11 rings (SSSR count). The van der Waals surface area contributed by atoms with Crippen LogP contribution >= 0.6 is 0 Å². The van der Waals surface area contributed by atoms with Crippen molar-refractivity contribution in [2.24, 2.45) is 0 Å². The lowest BCUT2D eigenvalue weighted by atomic mass is 9.64. The first-order valence-electron chi connectivity index (χ1n) is 20.7. The molecule has 0 saturated carbocycles. The zero-order valence-electron chi connectivity index (χ0n) is 34.2. The fraction of sp³-hybridized carbons (Fsp3) is 0. The predicted molar refractivity (Wildman–Crippen MR) is 275 cm³/mol. The molecule has 0 aliphatic rings. The van der Waals surface area contributed by atoms with Gasteiger partial charge in [-0.05, 0) is 98.4 Å². The molecule has 11 aromatic rings. The minimum Gasteiger partial charge on any atom is -0.311 e. The van der Waals surface area contributed by atoms with Gasteiger partial charge in [-0.1, -0.05) is 155 Å². The molecule has 0 atom stereocenters. The Balaban J connectivity index is 1.19. The van der Waals surface area contributed by atoms with E-state index in [-0.39, 0.29) is 21.9 Å². The van der Waals surface area contributed by atoms with Crippen LogP contribution in [-0.4, -0.2) is 64.1 Å². The van der Waals surface area contributed by atoms with Gasteiger partial charge in [-0.3, -0.25) is 0 Å². The molecule has 0 bridgehead atoms. The molecule has 0 unspecified atom stereocenters. The van der Waals surface area contributed by atoms with Crippen molar-refractivity contribution >= 4 is 137 Å². The van der Waals surface area contributed by atoms with Crippen molar-refractivity contribution in [2.75, 3.05) is 0 Å². The Hall–Kier alpha value is -6.97. The van der Waals surface area contributed by atoms with Crippen LogP contribution in [0.15, 0.2) is 176 Å². The number of fused-ring (bicyclic) bond motifs is 6. The van der Waals surface area contributed by atoms with Gasteiger partial charge in [0.05, 0.1) is 11.0 Å². The Morgan fingerprint density at radius 1 is 0.270 bits per heavy atom. The van der Waals surface area contributed by atoms with Crippen molar-refractivity contribution in [2.45, 2.75) is 0 Å². The molecule has 2 aromatic heterocycles. The van der Waals surface area contributed by atoms with Gasteiger partial charge in [0.2, 0.25) is 0 Å². The van der Waals surface area contributed by atoms with Gasteiger partial charge in [0.15, 0.2) is 0 Å². The summed E-state index contributed by atoms with van der Waals surface area (Å²) in [6, 6.07) is 60.6. The molecule has 2 heterocycles. The molecular formula is C54H29B7N2. The van der Waals surface area contributed by atoms with Crippen LogP contribution in [-0.2, 0) is 0 Å². The Kier molecular flexibility index (Phi) is 9.35. The third-order valence-corrected chi connectivity index (χ3v) is 12.5. The summed E-state index contributed by atoms with van der Waals surface area (Å²) in [4.78, 5) is 0. The van der Waals surface area contributed by atoms with E-state index >= 15 is 0 Å². The number of rotatable bonds is 6. The maximum absolute atomic E-state index is 7.41. The molecule has 2 nitrogen and oxygen atoms in total. The molecule has 0 amide bonds. The van der Waals surface area contributed by atoms with E-state index in [2.05, 4.69) is 138 Å². The van der Waals surface area contributed by atoms with Crippen molar-refractivity contribution in [1.29, 1.82) is 0 Å². The van der Waals surface area contributed by atoms with Crippen LogP contribution in [0, 0.1) is 0 Å². The SMILES string of the molecule is [B]c1c([B])c([B])c2c(c1[B])c1c([B])c(-c3ccc4c(c3)c3cc(-c5ccccc5)ccc3n4-c3cccc(-c4ccccc4)c3)c([B])c([B])c1n2-c1cccc(-c2ccccc2)c1. The highest BCUT2D eigenvalue weighted by Gasteiger charge is 2.25. The van der Waals surface area contributed by atoms with Crippen LogP contribution in [0.4, 0.5) is 0 Å². The number of hydrogen-bond donors (Lipinski definition) is 0. The van der Waals surface area contributed by atoms with Crippen molar-refractivity contribution in [3.8, 4) is 55.9 Å². The summed E-state index contributed by atoms with van der Waals surface area (Å²) in [6.07, 6.45) is 0. The monoisotopic (exact) mass is 782 g/mol. The lowest BCUT2D eigenvalue weighted by molar-refractivity contribution is 1.18. The molecular weight excluding hydrogens is 752 g/mol. The van der Waals surface area contributed by atoms with Crippen LogP contribution in [0.25, 0.3) is 99.5 Å². The van der Waals surface area contributed by atoms with Crippen LogP contribution < -0.4 is 38.2 Å². The molecule has 276 valence electrons. The molecule has 0 fully saturated rings. The molecule has 0 aliphatic heterocycles. The predicted octanol–water partition coefficient (Wildman–Crippen LogP) is 6.11. The van der Waals surface area contributed by atoms with E-state index in [1.165, 1.54) is 0 Å². The summed E-state index contributed by atoms with van der Waals surface area (Å²) in [6.45, 7) is 0. The average molecular weight is 782 g/mol. The molecule has 0 saturated heterocycles. The van der Waals surface area contributed by atoms with E-state index < -0.39 is 0 Å². The largest absolute Gasteiger partial charge is 0.311 e. The van der Waals surface area contributed by atoms with Crippen molar-refractivity contribution in [3.63, 3.8) is 0 Å². The zero-order chi connectivity index (χ0) is 43.1. The molecule has 0 spiro atoms. The maximum Gasteiger partial charge on any atom is 0.115 e. The summed E-state index contributed by atoms with van der Waals surface area (Å²) >= 11 is 0. The topological polar surface area (TPSA) is 9.86 Å². The average Bonchev–Trinajstić information content (AvgIpc) is 3.87. The van der Waals surface area contributed by atoms with Crippen LogP contribution in [0.2, 0.25) is 0 Å². The number of nitrogens with zero attached hydrogens (tertiary/aromatic N) is 2. The van der Waals surface area contributed by atoms with Crippen molar-refractivity contribution in [3.05, 3.63) is 176 Å². The van der Waals surface area contributed by atoms with E-state index in [1.54, 1.807) is 0 Å². The number of benzene rings is 9. The minimum atomic E-state index is 0.174. The third kappa shape index (κ3) is 6.12.